The average Bonchev–Trinajstić information content (AvgIpc) is 2.27. The van der Waals surface area contributed by atoms with Gasteiger partial charge in [-0.2, -0.15) is 5.26 Å². The Kier molecular flexibility index (Phi) is 4.16. The summed E-state index contributed by atoms with van der Waals surface area (Å²) >= 11 is 0. The van der Waals surface area contributed by atoms with E-state index in [2.05, 4.69) is 0 Å². The molecule has 0 saturated heterocycles. The summed E-state index contributed by atoms with van der Waals surface area (Å²) in [7, 11) is -2.14. The van der Waals surface area contributed by atoms with Crippen molar-refractivity contribution in [2.75, 3.05) is 17.7 Å². The Bertz CT molecular complexity index is 577. The smallest absolute Gasteiger partial charge is 0.240 e. The minimum absolute atomic E-state index is 0.0326. The fourth-order valence-corrected chi connectivity index (χ4v) is 2.36. The fourth-order valence-electron chi connectivity index (χ4n) is 1.56. The van der Waals surface area contributed by atoms with Crippen LogP contribution in [0.4, 0.5) is 11.4 Å². The maximum absolute atomic E-state index is 11.5. The number of nitriles is 1. The zero-order chi connectivity index (χ0) is 13.9. The van der Waals surface area contributed by atoms with Crippen LogP contribution in [0.15, 0.2) is 23.1 Å². The van der Waals surface area contributed by atoms with Crippen molar-refractivity contribution < 1.29 is 8.42 Å². The van der Waals surface area contributed by atoms with Crippen molar-refractivity contribution >= 4 is 21.4 Å². The first-order chi connectivity index (χ1) is 8.27. The van der Waals surface area contributed by atoms with Crippen LogP contribution in [0.1, 0.15) is 13.3 Å². The van der Waals surface area contributed by atoms with E-state index in [1.807, 2.05) is 13.0 Å². The molecule has 4 N–H and O–H groups in total. The van der Waals surface area contributed by atoms with E-state index < -0.39 is 10.0 Å². The Morgan fingerprint density at radius 1 is 1.50 bits per heavy atom. The van der Waals surface area contributed by atoms with Gasteiger partial charge < -0.3 is 10.6 Å². The van der Waals surface area contributed by atoms with E-state index in [0.717, 1.165) is 0 Å². The number of anilines is 2. The SMILES string of the molecule is CC(CC#N)N(C)c1ccc(N)cc1S(N)(=O)=O. The number of nitrogens with two attached hydrogens (primary N) is 2. The molecule has 0 bridgehead atoms. The van der Waals surface area contributed by atoms with Crippen molar-refractivity contribution in [3.8, 4) is 6.07 Å². The van der Waals surface area contributed by atoms with Crippen molar-refractivity contribution in [3.63, 3.8) is 0 Å². The van der Waals surface area contributed by atoms with Crippen LogP contribution in [0, 0.1) is 11.3 Å². The zero-order valence-electron chi connectivity index (χ0n) is 10.3. The van der Waals surface area contributed by atoms with E-state index in [4.69, 9.17) is 16.1 Å². The number of benzene rings is 1. The number of hydrogen-bond acceptors (Lipinski definition) is 5. The molecule has 0 aromatic heterocycles. The molecule has 0 fully saturated rings. The second-order valence-corrected chi connectivity index (χ2v) is 5.62. The summed E-state index contributed by atoms with van der Waals surface area (Å²) in [4.78, 5) is 1.66. The van der Waals surface area contributed by atoms with Gasteiger partial charge >= 0.3 is 0 Å². The number of sulfonamides is 1. The third kappa shape index (κ3) is 3.12. The number of primary sulfonamides is 1. The van der Waals surface area contributed by atoms with Crippen molar-refractivity contribution in [1.29, 1.82) is 5.26 Å². The first-order valence-corrected chi connectivity index (χ1v) is 6.84. The quantitative estimate of drug-likeness (QED) is 0.778. The third-order valence-corrected chi connectivity index (χ3v) is 3.66. The van der Waals surface area contributed by atoms with Crippen LogP contribution >= 0.6 is 0 Å². The van der Waals surface area contributed by atoms with Crippen LogP contribution in [0.25, 0.3) is 0 Å². The standard InChI is InChI=1S/C11H16N4O2S/c1-8(5-6-12)15(2)10-4-3-9(13)7-11(10)18(14,16)17/h3-4,7-8H,5,13H2,1-2H3,(H2,14,16,17). The van der Waals surface area contributed by atoms with Crippen LogP contribution in [-0.2, 0) is 10.0 Å². The van der Waals surface area contributed by atoms with Gasteiger partial charge in [-0.1, -0.05) is 0 Å². The average molecular weight is 268 g/mol. The van der Waals surface area contributed by atoms with Gasteiger partial charge in [0.2, 0.25) is 10.0 Å². The summed E-state index contributed by atoms with van der Waals surface area (Å²) in [5.41, 5.74) is 6.33. The molecule has 0 spiro atoms. The highest BCUT2D eigenvalue weighted by molar-refractivity contribution is 7.89. The number of rotatable bonds is 4. The largest absolute Gasteiger partial charge is 0.399 e. The van der Waals surface area contributed by atoms with Gasteiger partial charge in [0.15, 0.2) is 0 Å². The van der Waals surface area contributed by atoms with E-state index >= 15 is 0 Å². The molecule has 0 heterocycles. The molecule has 0 radical (unpaired) electrons. The van der Waals surface area contributed by atoms with Crippen LogP contribution in [0.3, 0.4) is 0 Å². The lowest BCUT2D eigenvalue weighted by atomic mass is 10.2. The van der Waals surface area contributed by atoms with E-state index in [1.165, 1.54) is 6.07 Å². The minimum atomic E-state index is -3.85. The van der Waals surface area contributed by atoms with Gasteiger partial charge in [-0.3, -0.25) is 0 Å². The highest BCUT2D eigenvalue weighted by atomic mass is 32.2. The zero-order valence-corrected chi connectivity index (χ0v) is 11.1. The van der Waals surface area contributed by atoms with E-state index in [9.17, 15) is 8.42 Å². The molecule has 0 aliphatic rings. The summed E-state index contributed by atoms with van der Waals surface area (Å²) in [6.07, 6.45) is 0.283. The predicted octanol–water partition coefficient (Wildman–Crippen LogP) is 0.655. The molecular formula is C11H16N4O2S. The van der Waals surface area contributed by atoms with E-state index in [1.54, 1.807) is 24.1 Å². The summed E-state index contributed by atoms with van der Waals surface area (Å²) < 4.78 is 23.0. The molecule has 7 heteroatoms. The first kappa shape index (κ1) is 14.3. The van der Waals surface area contributed by atoms with E-state index in [-0.39, 0.29) is 17.4 Å². The Labute approximate surface area is 107 Å². The highest BCUT2D eigenvalue weighted by Gasteiger charge is 2.20. The molecule has 98 valence electrons. The number of nitrogens with zero attached hydrogens (tertiary/aromatic N) is 2. The van der Waals surface area contributed by atoms with Crippen molar-refractivity contribution in [2.24, 2.45) is 5.14 Å². The topological polar surface area (TPSA) is 113 Å². The Morgan fingerprint density at radius 2 is 2.11 bits per heavy atom. The minimum Gasteiger partial charge on any atom is -0.399 e. The predicted molar refractivity (Wildman–Crippen MR) is 70.3 cm³/mol. The van der Waals surface area contributed by atoms with Crippen LogP contribution in [-0.4, -0.2) is 21.5 Å². The second-order valence-electron chi connectivity index (χ2n) is 4.09. The van der Waals surface area contributed by atoms with Crippen molar-refractivity contribution in [3.05, 3.63) is 18.2 Å². The summed E-state index contributed by atoms with van der Waals surface area (Å²) in [5, 5.41) is 13.8. The second kappa shape index (κ2) is 5.25. The Hall–Kier alpha value is -1.78. The monoisotopic (exact) mass is 268 g/mol. The lowest BCUT2D eigenvalue weighted by Crippen LogP contribution is -2.30. The first-order valence-electron chi connectivity index (χ1n) is 5.29. The molecule has 1 unspecified atom stereocenters. The van der Waals surface area contributed by atoms with Gasteiger partial charge in [-0.05, 0) is 25.1 Å². The van der Waals surface area contributed by atoms with Crippen LogP contribution in [0.5, 0.6) is 0 Å². The van der Waals surface area contributed by atoms with Gasteiger partial charge in [-0.25, -0.2) is 13.6 Å². The maximum Gasteiger partial charge on any atom is 0.240 e. The molecule has 6 nitrogen and oxygen atoms in total. The maximum atomic E-state index is 11.5. The molecular weight excluding hydrogens is 252 g/mol. The molecule has 0 amide bonds. The number of hydrogen-bond donors (Lipinski definition) is 2. The fraction of sp³-hybridized carbons (Fsp3) is 0.364. The number of nitrogen functional groups attached to an aromatic ring is 1. The van der Waals surface area contributed by atoms with Gasteiger partial charge in [0.05, 0.1) is 18.2 Å². The van der Waals surface area contributed by atoms with Crippen molar-refractivity contribution in [2.45, 2.75) is 24.3 Å². The van der Waals surface area contributed by atoms with Gasteiger partial charge in [0.25, 0.3) is 0 Å². The Morgan fingerprint density at radius 3 is 2.61 bits per heavy atom. The molecule has 18 heavy (non-hydrogen) atoms. The highest BCUT2D eigenvalue weighted by Crippen LogP contribution is 2.27. The molecule has 1 aromatic rings. The van der Waals surface area contributed by atoms with Crippen LogP contribution in [0.2, 0.25) is 0 Å². The molecule has 0 saturated carbocycles. The van der Waals surface area contributed by atoms with Gasteiger partial charge in [0.1, 0.15) is 4.90 Å². The van der Waals surface area contributed by atoms with Crippen molar-refractivity contribution in [1.82, 2.24) is 0 Å². The molecule has 0 aliphatic heterocycles. The van der Waals surface area contributed by atoms with Crippen LogP contribution < -0.4 is 15.8 Å². The van der Waals surface area contributed by atoms with E-state index in [0.29, 0.717) is 11.4 Å². The summed E-state index contributed by atoms with van der Waals surface area (Å²) in [5.74, 6) is 0. The third-order valence-electron chi connectivity index (χ3n) is 2.72. The summed E-state index contributed by atoms with van der Waals surface area (Å²) in [6, 6.07) is 6.42. The molecule has 0 aliphatic carbocycles. The molecule has 1 aromatic carbocycles. The lowest BCUT2D eigenvalue weighted by Gasteiger charge is -2.27. The normalized spacial score (nSPS) is 12.8. The molecule has 1 rings (SSSR count). The Balaban J connectivity index is 3.29. The summed E-state index contributed by atoms with van der Waals surface area (Å²) in [6.45, 7) is 1.83. The van der Waals surface area contributed by atoms with Gasteiger partial charge in [-0.15, -0.1) is 0 Å². The van der Waals surface area contributed by atoms with Gasteiger partial charge in [0, 0.05) is 18.8 Å². The lowest BCUT2D eigenvalue weighted by molar-refractivity contribution is 0.596. The molecule has 1 atom stereocenters.